The van der Waals surface area contributed by atoms with Gasteiger partial charge in [0.15, 0.2) is 16.6 Å². The quantitative estimate of drug-likeness (QED) is 0.170. The van der Waals surface area contributed by atoms with Gasteiger partial charge >= 0.3 is 5.97 Å². The van der Waals surface area contributed by atoms with E-state index in [-0.39, 0.29) is 24.1 Å². The summed E-state index contributed by atoms with van der Waals surface area (Å²) in [5, 5.41) is 0. The Morgan fingerprint density at radius 3 is 1.59 bits per heavy atom. The zero-order valence-electron chi connectivity index (χ0n) is 20.4. The van der Waals surface area contributed by atoms with Crippen LogP contribution in [-0.2, 0) is 23.2 Å². The summed E-state index contributed by atoms with van der Waals surface area (Å²) in [4.78, 5) is 24.0. The standard InChI is InChI=1S/C22H46O5Si2/c1-10-28(11-2,12-3)26-20(16-17-23)18(7)21(19(8)22(24)25-9)27-29(13-4,14-5)15-6/h17-21H,10-16H2,1-9H3/t18-,19+,20-,21-/m0/s1. The van der Waals surface area contributed by atoms with Gasteiger partial charge < -0.3 is 18.4 Å². The lowest BCUT2D eigenvalue weighted by Crippen LogP contribution is -2.51. The molecule has 0 aliphatic heterocycles. The van der Waals surface area contributed by atoms with Gasteiger partial charge in [0.25, 0.3) is 0 Å². The van der Waals surface area contributed by atoms with Crippen LogP contribution in [0.5, 0.6) is 0 Å². The van der Waals surface area contributed by atoms with Crippen molar-refractivity contribution >= 4 is 28.9 Å². The molecule has 0 saturated carbocycles. The normalized spacial score (nSPS) is 16.7. The third-order valence-electron chi connectivity index (χ3n) is 7.15. The molecule has 0 fully saturated rings. The Hall–Kier alpha value is -0.506. The number of aldehydes is 1. The van der Waals surface area contributed by atoms with Gasteiger partial charge in [0, 0.05) is 12.3 Å². The molecule has 5 nitrogen and oxygen atoms in total. The molecule has 0 bridgehead atoms. The number of hydrogen-bond acceptors (Lipinski definition) is 5. The minimum absolute atomic E-state index is 0.0673. The van der Waals surface area contributed by atoms with Gasteiger partial charge in [-0.25, -0.2) is 0 Å². The highest BCUT2D eigenvalue weighted by Gasteiger charge is 2.43. The van der Waals surface area contributed by atoms with Crippen LogP contribution in [0.25, 0.3) is 0 Å². The smallest absolute Gasteiger partial charge is 0.310 e. The third-order valence-corrected chi connectivity index (χ3v) is 16.5. The first-order valence-corrected chi connectivity index (χ1v) is 16.6. The van der Waals surface area contributed by atoms with Crippen molar-refractivity contribution < 1.29 is 23.2 Å². The summed E-state index contributed by atoms with van der Waals surface area (Å²) in [6.07, 6.45) is 0.748. The molecule has 0 spiro atoms. The lowest BCUT2D eigenvalue weighted by molar-refractivity contribution is -0.150. The molecule has 0 rings (SSSR count). The van der Waals surface area contributed by atoms with Crippen LogP contribution in [0.3, 0.4) is 0 Å². The van der Waals surface area contributed by atoms with E-state index >= 15 is 0 Å². The fourth-order valence-electron chi connectivity index (χ4n) is 4.27. The van der Waals surface area contributed by atoms with Crippen LogP contribution in [0.1, 0.15) is 61.8 Å². The molecule has 0 saturated heterocycles. The van der Waals surface area contributed by atoms with E-state index < -0.39 is 22.6 Å². The minimum Gasteiger partial charge on any atom is -0.469 e. The van der Waals surface area contributed by atoms with Crippen LogP contribution in [0.4, 0.5) is 0 Å². The first-order valence-electron chi connectivity index (χ1n) is 11.6. The fourth-order valence-corrected chi connectivity index (χ4v) is 10.2. The monoisotopic (exact) mass is 446 g/mol. The fraction of sp³-hybridized carbons (Fsp3) is 0.909. The van der Waals surface area contributed by atoms with Crippen molar-refractivity contribution in [2.45, 2.75) is 110 Å². The van der Waals surface area contributed by atoms with Crippen LogP contribution in [0, 0.1) is 11.8 Å². The highest BCUT2D eigenvalue weighted by molar-refractivity contribution is 6.74. The highest BCUT2D eigenvalue weighted by Crippen LogP contribution is 2.34. The summed E-state index contributed by atoms with van der Waals surface area (Å²) >= 11 is 0. The Balaban J connectivity index is 6.01. The number of carbonyl (C=O) groups is 2. The highest BCUT2D eigenvalue weighted by atomic mass is 28.4. The van der Waals surface area contributed by atoms with E-state index in [0.29, 0.717) is 6.42 Å². The van der Waals surface area contributed by atoms with E-state index in [1.165, 1.54) is 7.11 Å². The second kappa shape index (κ2) is 13.7. The first-order chi connectivity index (χ1) is 13.7. The van der Waals surface area contributed by atoms with Crippen LogP contribution in [0.15, 0.2) is 0 Å². The lowest BCUT2D eigenvalue weighted by Gasteiger charge is -2.42. The lowest BCUT2D eigenvalue weighted by atomic mass is 9.88. The van der Waals surface area contributed by atoms with Crippen molar-refractivity contribution in [1.82, 2.24) is 0 Å². The maximum absolute atomic E-state index is 12.5. The molecule has 0 aliphatic carbocycles. The number of rotatable bonds is 16. The number of esters is 1. The van der Waals surface area contributed by atoms with Crippen LogP contribution in [-0.4, -0.2) is 48.2 Å². The molecule has 0 aromatic carbocycles. The molecule has 0 aromatic rings. The van der Waals surface area contributed by atoms with Crippen molar-refractivity contribution in [2.75, 3.05) is 7.11 Å². The van der Waals surface area contributed by atoms with Gasteiger partial charge in [-0.2, -0.15) is 0 Å². The van der Waals surface area contributed by atoms with Gasteiger partial charge in [-0.1, -0.05) is 48.5 Å². The van der Waals surface area contributed by atoms with E-state index in [4.69, 9.17) is 13.6 Å². The van der Waals surface area contributed by atoms with Gasteiger partial charge in [-0.15, -0.1) is 0 Å². The maximum Gasteiger partial charge on any atom is 0.310 e. The Bertz CT molecular complexity index is 461. The molecule has 0 aromatic heterocycles. The Labute approximate surface area is 181 Å². The van der Waals surface area contributed by atoms with Crippen molar-refractivity contribution in [3.8, 4) is 0 Å². The molecule has 0 radical (unpaired) electrons. The molecule has 29 heavy (non-hydrogen) atoms. The molecule has 0 aliphatic rings. The van der Waals surface area contributed by atoms with Gasteiger partial charge in [-0.05, 0) is 43.2 Å². The predicted octanol–water partition coefficient (Wildman–Crippen LogP) is 5.80. The second-order valence-electron chi connectivity index (χ2n) is 8.30. The van der Waals surface area contributed by atoms with Gasteiger partial charge in [-0.3, -0.25) is 4.79 Å². The predicted molar refractivity (Wildman–Crippen MR) is 125 cm³/mol. The zero-order valence-corrected chi connectivity index (χ0v) is 22.4. The van der Waals surface area contributed by atoms with Crippen molar-refractivity contribution in [3.05, 3.63) is 0 Å². The zero-order chi connectivity index (χ0) is 22.7. The van der Waals surface area contributed by atoms with Crippen molar-refractivity contribution in [1.29, 1.82) is 0 Å². The Morgan fingerprint density at radius 1 is 0.828 bits per heavy atom. The summed E-state index contributed by atoms with van der Waals surface area (Å²) < 4.78 is 18.6. The largest absolute Gasteiger partial charge is 0.469 e. The van der Waals surface area contributed by atoms with Crippen LogP contribution >= 0.6 is 0 Å². The Morgan fingerprint density at radius 2 is 1.24 bits per heavy atom. The van der Waals surface area contributed by atoms with E-state index in [1.807, 2.05) is 6.92 Å². The van der Waals surface area contributed by atoms with Crippen LogP contribution < -0.4 is 0 Å². The average Bonchev–Trinajstić information content (AvgIpc) is 2.77. The SMILES string of the molecule is CC[Si](CC)(CC)O[C@@H]([C@@H](C)[C@H](CC=O)O[Si](CC)(CC)CC)[C@@H](C)C(=O)OC. The number of methoxy groups -OCH3 is 1. The summed E-state index contributed by atoms with van der Waals surface area (Å²) in [6, 6.07) is 6.10. The van der Waals surface area contributed by atoms with E-state index in [0.717, 1.165) is 42.6 Å². The maximum atomic E-state index is 12.5. The summed E-state index contributed by atoms with van der Waals surface area (Å²) in [7, 11) is -2.43. The summed E-state index contributed by atoms with van der Waals surface area (Å²) in [5.41, 5.74) is 0. The van der Waals surface area contributed by atoms with Gasteiger partial charge in [0.2, 0.25) is 0 Å². The molecule has 4 atom stereocenters. The molecule has 0 amide bonds. The minimum atomic E-state index is -1.96. The van der Waals surface area contributed by atoms with Gasteiger partial charge in [0.1, 0.15) is 6.29 Å². The molecule has 7 heteroatoms. The summed E-state index contributed by atoms with van der Waals surface area (Å²) in [6.45, 7) is 17.1. The first kappa shape index (κ1) is 28.5. The third kappa shape index (κ3) is 7.60. The second-order valence-corrected chi connectivity index (χ2v) is 17.7. The van der Waals surface area contributed by atoms with E-state index in [2.05, 4.69) is 48.5 Å². The van der Waals surface area contributed by atoms with Gasteiger partial charge in [0.05, 0.1) is 25.2 Å². The van der Waals surface area contributed by atoms with Crippen molar-refractivity contribution in [3.63, 3.8) is 0 Å². The van der Waals surface area contributed by atoms with E-state index in [1.54, 1.807) is 0 Å². The van der Waals surface area contributed by atoms with E-state index in [9.17, 15) is 9.59 Å². The van der Waals surface area contributed by atoms with Crippen molar-refractivity contribution in [2.24, 2.45) is 11.8 Å². The molecular formula is C22H46O5Si2. The summed E-state index contributed by atoms with van der Waals surface area (Å²) in [5.74, 6) is -0.726. The average molecular weight is 447 g/mol. The molecule has 0 N–H and O–H groups in total. The molecule has 172 valence electrons. The molecule has 0 heterocycles. The topological polar surface area (TPSA) is 61.8 Å². The Kier molecular flexibility index (Phi) is 13.5. The number of carbonyl (C=O) groups excluding carboxylic acids is 2. The molecule has 0 unspecified atom stereocenters. The number of ether oxygens (including phenoxy) is 1. The molecular weight excluding hydrogens is 400 g/mol. The van der Waals surface area contributed by atoms with Crippen LogP contribution in [0.2, 0.25) is 36.3 Å². The number of hydrogen-bond donors (Lipinski definition) is 0.